The van der Waals surface area contributed by atoms with Crippen LogP contribution in [0.15, 0.2) is 71.7 Å². The van der Waals surface area contributed by atoms with Crippen LogP contribution in [0.2, 0.25) is 10.0 Å². The molecule has 2 aromatic carbocycles. The molecular formula is C24H19Cl2N3O4. The lowest BCUT2D eigenvalue weighted by Gasteiger charge is -2.43. The van der Waals surface area contributed by atoms with Gasteiger partial charge in [-0.1, -0.05) is 65.7 Å². The molecule has 1 atom stereocenters. The summed E-state index contributed by atoms with van der Waals surface area (Å²) in [6, 6.07) is 13.9. The SMILES string of the molecule is O=C1c2c(O)c(=O)ccn2N2CN1C/C=C\COc1c(ccc(Cl)c1Cl)[C@@H]2c1ccccc1. The monoisotopic (exact) mass is 483 g/mol. The Bertz CT molecular complexity index is 1320. The van der Waals surface area contributed by atoms with Crippen LogP contribution in [0.1, 0.15) is 27.7 Å². The quantitative estimate of drug-likeness (QED) is 0.530. The first-order valence-corrected chi connectivity index (χ1v) is 11.0. The van der Waals surface area contributed by atoms with Gasteiger partial charge in [0.25, 0.3) is 5.91 Å². The molecule has 9 heteroatoms. The number of halogens is 2. The molecule has 0 unspecified atom stereocenters. The lowest BCUT2D eigenvalue weighted by molar-refractivity contribution is 0.0701. The molecule has 3 aromatic rings. The molecule has 2 aliphatic heterocycles. The summed E-state index contributed by atoms with van der Waals surface area (Å²) in [6.45, 7) is 0.692. The molecule has 7 nitrogen and oxygen atoms in total. The van der Waals surface area contributed by atoms with Gasteiger partial charge in [-0.2, -0.15) is 0 Å². The summed E-state index contributed by atoms with van der Waals surface area (Å²) in [5.41, 5.74) is 0.909. The minimum Gasteiger partial charge on any atom is -0.502 e. The Morgan fingerprint density at radius 3 is 2.58 bits per heavy atom. The van der Waals surface area contributed by atoms with Crippen LogP contribution in [0.4, 0.5) is 0 Å². The molecule has 2 aliphatic rings. The normalized spacial score (nSPS) is 18.6. The average molecular weight is 484 g/mol. The molecule has 2 bridgehead atoms. The van der Waals surface area contributed by atoms with Crippen molar-refractivity contribution < 1.29 is 14.6 Å². The summed E-state index contributed by atoms with van der Waals surface area (Å²) in [5.74, 6) is -0.597. The third kappa shape index (κ3) is 3.63. The maximum absolute atomic E-state index is 13.2. The summed E-state index contributed by atoms with van der Waals surface area (Å²) in [7, 11) is 0. The molecule has 3 heterocycles. The van der Waals surface area contributed by atoms with Crippen molar-refractivity contribution in [3.63, 3.8) is 0 Å². The van der Waals surface area contributed by atoms with E-state index in [0.29, 0.717) is 10.8 Å². The van der Waals surface area contributed by atoms with Crippen molar-refractivity contribution in [2.75, 3.05) is 24.8 Å². The number of ether oxygens (including phenoxy) is 1. The van der Waals surface area contributed by atoms with E-state index in [9.17, 15) is 14.7 Å². The summed E-state index contributed by atoms with van der Waals surface area (Å²) in [4.78, 5) is 27.0. The van der Waals surface area contributed by atoms with Gasteiger partial charge in [-0.3, -0.25) is 19.3 Å². The standard InChI is InChI=1S/C24H19Cl2N3O4/c25-17-9-8-16-20(15-6-2-1-3-7-15)29-14-27(11-4-5-13-33-23(16)19(17)26)24(32)21-22(31)18(30)10-12-28(21)29/h1-10,12,20,31H,11,13-14H2/b5-4-/t20-/m0/s1. The topological polar surface area (TPSA) is 75.0 Å². The number of pyridine rings is 1. The Kier molecular flexibility index (Phi) is 5.52. The Balaban J connectivity index is 1.83. The Labute approximate surface area is 199 Å². The van der Waals surface area contributed by atoms with Crippen LogP contribution in [0.25, 0.3) is 0 Å². The maximum Gasteiger partial charge on any atom is 0.278 e. The molecule has 33 heavy (non-hydrogen) atoms. The molecule has 168 valence electrons. The number of benzene rings is 2. The van der Waals surface area contributed by atoms with Crippen molar-refractivity contribution in [1.82, 2.24) is 9.58 Å². The highest BCUT2D eigenvalue weighted by molar-refractivity contribution is 6.43. The molecule has 0 saturated carbocycles. The highest BCUT2D eigenvalue weighted by atomic mass is 35.5. The van der Waals surface area contributed by atoms with Gasteiger partial charge in [-0.15, -0.1) is 0 Å². The first kappa shape index (κ1) is 21.4. The van der Waals surface area contributed by atoms with Crippen LogP contribution in [0.3, 0.4) is 0 Å². The molecule has 0 fully saturated rings. The van der Waals surface area contributed by atoms with E-state index in [1.54, 1.807) is 23.1 Å². The molecular weight excluding hydrogens is 465 g/mol. The predicted molar refractivity (Wildman–Crippen MR) is 126 cm³/mol. The summed E-state index contributed by atoms with van der Waals surface area (Å²) < 4.78 is 7.58. The van der Waals surface area contributed by atoms with Gasteiger partial charge in [0.2, 0.25) is 5.43 Å². The minimum atomic E-state index is -0.619. The van der Waals surface area contributed by atoms with E-state index in [0.717, 1.165) is 11.1 Å². The number of carbonyl (C=O) groups is 1. The molecule has 0 spiro atoms. The third-order valence-electron chi connectivity index (χ3n) is 5.74. The number of aromatic hydroxyl groups is 1. The third-order valence-corrected chi connectivity index (χ3v) is 6.53. The van der Waals surface area contributed by atoms with Crippen molar-refractivity contribution in [3.8, 4) is 11.5 Å². The number of nitrogens with zero attached hydrogens (tertiary/aromatic N) is 3. The fraction of sp³-hybridized carbons (Fsp3) is 0.167. The van der Waals surface area contributed by atoms with Crippen molar-refractivity contribution in [2.24, 2.45) is 0 Å². The number of aromatic nitrogens is 1. The van der Waals surface area contributed by atoms with Crippen molar-refractivity contribution in [3.05, 3.63) is 104 Å². The van der Waals surface area contributed by atoms with Crippen LogP contribution in [0.5, 0.6) is 11.5 Å². The molecule has 5 rings (SSSR count). The van der Waals surface area contributed by atoms with E-state index in [4.69, 9.17) is 27.9 Å². The lowest BCUT2D eigenvalue weighted by Crippen LogP contribution is -2.55. The molecule has 0 radical (unpaired) electrons. The van der Waals surface area contributed by atoms with Gasteiger partial charge in [-0.05, 0) is 17.7 Å². The van der Waals surface area contributed by atoms with E-state index in [1.807, 2.05) is 41.4 Å². The largest absolute Gasteiger partial charge is 0.502 e. The zero-order valence-corrected chi connectivity index (χ0v) is 18.8. The van der Waals surface area contributed by atoms with E-state index in [-0.39, 0.29) is 30.5 Å². The second kappa shape index (κ2) is 8.50. The highest BCUT2D eigenvalue weighted by Gasteiger charge is 2.37. The van der Waals surface area contributed by atoms with Crippen LogP contribution in [-0.2, 0) is 0 Å². The van der Waals surface area contributed by atoms with E-state index in [1.165, 1.54) is 16.9 Å². The molecule has 0 aliphatic carbocycles. The average Bonchev–Trinajstić information content (AvgIpc) is 2.85. The van der Waals surface area contributed by atoms with Gasteiger partial charge in [0.05, 0.1) is 5.02 Å². The van der Waals surface area contributed by atoms with Gasteiger partial charge in [0.1, 0.15) is 30.1 Å². The van der Waals surface area contributed by atoms with Crippen molar-refractivity contribution in [2.45, 2.75) is 6.04 Å². The second-order valence-electron chi connectivity index (χ2n) is 7.71. The number of rotatable bonds is 1. The fourth-order valence-electron chi connectivity index (χ4n) is 4.19. The minimum absolute atomic E-state index is 0.0927. The first-order valence-electron chi connectivity index (χ1n) is 10.3. The molecule has 0 saturated heterocycles. The van der Waals surface area contributed by atoms with E-state index in [2.05, 4.69) is 0 Å². The number of hydrogen-bond donors (Lipinski definition) is 1. The maximum atomic E-state index is 13.2. The smallest absolute Gasteiger partial charge is 0.278 e. The van der Waals surface area contributed by atoms with Gasteiger partial charge < -0.3 is 14.7 Å². The molecule has 1 amide bonds. The molecule has 1 aromatic heterocycles. The fourth-order valence-corrected chi connectivity index (χ4v) is 4.57. The Morgan fingerprint density at radius 1 is 1.00 bits per heavy atom. The van der Waals surface area contributed by atoms with Gasteiger partial charge in [-0.25, -0.2) is 0 Å². The van der Waals surface area contributed by atoms with E-state index >= 15 is 0 Å². The zero-order chi connectivity index (χ0) is 23.1. The number of hydrogen-bond acceptors (Lipinski definition) is 5. The lowest BCUT2D eigenvalue weighted by atomic mass is 9.97. The van der Waals surface area contributed by atoms with Gasteiger partial charge in [0.15, 0.2) is 11.4 Å². The summed E-state index contributed by atoms with van der Waals surface area (Å²) >= 11 is 12.9. The van der Waals surface area contributed by atoms with Gasteiger partial charge >= 0.3 is 0 Å². The van der Waals surface area contributed by atoms with Crippen LogP contribution < -0.4 is 15.2 Å². The van der Waals surface area contributed by atoms with Gasteiger partial charge in [0, 0.05) is 24.4 Å². The Hall–Kier alpha value is -3.42. The van der Waals surface area contributed by atoms with Crippen molar-refractivity contribution in [1.29, 1.82) is 0 Å². The number of amides is 1. The highest BCUT2D eigenvalue weighted by Crippen LogP contribution is 2.43. The van der Waals surface area contributed by atoms with Crippen molar-refractivity contribution >= 4 is 29.1 Å². The van der Waals surface area contributed by atoms with Crippen LogP contribution in [-0.4, -0.2) is 40.4 Å². The van der Waals surface area contributed by atoms with E-state index < -0.39 is 23.1 Å². The van der Waals surface area contributed by atoms with Crippen LogP contribution >= 0.6 is 23.2 Å². The first-order chi connectivity index (χ1) is 16.0. The summed E-state index contributed by atoms with van der Waals surface area (Å²) in [6.07, 6.45) is 5.08. The summed E-state index contributed by atoms with van der Waals surface area (Å²) in [5, 5.41) is 13.1. The number of fused-ring (bicyclic) bond motifs is 5. The predicted octanol–water partition coefficient (Wildman–Crippen LogP) is 3.95. The zero-order valence-electron chi connectivity index (χ0n) is 17.3. The second-order valence-corrected chi connectivity index (χ2v) is 8.49. The van der Waals surface area contributed by atoms with Crippen LogP contribution in [0, 0.1) is 0 Å². The molecule has 1 N–H and O–H groups in total. The Morgan fingerprint density at radius 2 is 1.79 bits per heavy atom. The number of carbonyl (C=O) groups excluding carboxylic acids is 1.